The largest absolute Gasteiger partial charge is 0.367 e. The number of benzene rings is 1. The Morgan fingerprint density at radius 3 is 2.79 bits per heavy atom. The van der Waals surface area contributed by atoms with Crippen molar-refractivity contribution >= 4 is 11.6 Å². The molecule has 100 valence electrons. The summed E-state index contributed by atoms with van der Waals surface area (Å²) in [5.74, 6) is -0.783. The number of nitriles is 1. The minimum absolute atomic E-state index is 0.695. The van der Waals surface area contributed by atoms with Crippen LogP contribution in [-0.2, 0) is 11.2 Å². The van der Waals surface area contributed by atoms with Gasteiger partial charge in [0.15, 0.2) is 0 Å². The van der Waals surface area contributed by atoms with Crippen LogP contribution in [0.4, 0.5) is 5.69 Å². The highest BCUT2D eigenvalue weighted by Crippen LogP contribution is 2.21. The molecule has 0 saturated heterocycles. The fraction of sp³-hybridized carbons (Fsp3) is 0.429. The summed E-state index contributed by atoms with van der Waals surface area (Å²) in [6.45, 7) is 2.15. The molecule has 1 atom stereocenters. The Hall–Kier alpha value is -2.22. The highest BCUT2D eigenvalue weighted by Gasteiger charge is 2.12. The molecule has 0 radical (unpaired) electrons. The lowest BCUT2D eigenvalue weighted by Gasteiger charge is -2.04. The summed E-state index contributed by atoms with van der Waals surface area (Å²) in [7, 11) is 0. The molecular weight excluding hydrogens is 240 g/mol. The average Bonchev–Trinajstić information content (AvgIpc) is 2.41. The quantitative estimate of drug-likeness (QED) is 0.601. The Balaban J connectivity index is 2.80. The zero-order valence-electron chi connectivity index (χ0n) is 11.0. The van der Waals surface area contributed by atoms with Gasteiger partial charge in [0.2, 0.25) is 6.04 Å². The van der Waals surface area contributed by atoms with Crippen LogP contribution in [0.2, 0.25) is 0 Å². The van der Waals surface area contributed by atoms with E-state index in [0.717, 1.165) is 31.2 Å². The van der Waals surface area contributed by atoms with Gasteiger partial charge in [-0.05, 0) is 24.5 Å². The SMILES string of the molecule is CCCCCc1ccccc1N=NC(C#N)C(N)=O. The Morgan fingerprint density at radius 2 is 2.16 bits per heavy atom. The van der Waals surface area contributed by atoms with Crippen molar-refractivity contribution in [2.75, 3.05) is 0 Å². The lowest BCUT2D eigenvalue weighted by atomic mass is 10.1. The van der Waals surface area contributed by atoms with E-state index in [1.807, 2.05) is 24.3 Å². The van der Waals surface area contributed by atoms with Crippen LogP contribution in [-0.4, -0.2) is 11.9 Å². The molecule has 2 N–H and O–H groups in total. The molecule has 0 bridgehead atoms. The van der Waals surface area contributed by atoms with Crippen molar-refractivity contribution in [3.63, 3.8) is 0 Å². The number of hydrogen-bond acceptors (Lipinski definition) is 4. The summed E-state index contributed by atoms with van der Waals surface area (Å²) >= 11 is 0. The van der Waals surface area contributed by atoms with Crippen molar-refractivity contribution in [3.8, 4) is 6.07 Å². The molecule has 0 spiro atoms. The predicted octanol–water partition coefficient (Wildman–Crippen LogP) is 2.88. The number of carbonyl (C=O) groups is 1. The van der Waals surface area contributed by atoms with Crippen LogP contribution in [0.5, 0.6) is 0 Å². The Morgan fingerprint density at radius 1 is 1.42 bits per heavy atom. The fourth-order valence-electron chi connectivity index (χ4n) is 1.65. The van der Waals surface area contributed by atoms with Gasteiger partial charge in [0, 0.05) is 0 Å². The minimum Gasteiger partial charge on any atom is -0.367 e. The van der Waals surface area contributed by atoms with Gasteiger partial charge >= 0.3 is 0 Å². The van der Waals surface area contributed by atoms with Crippen LogP contribution in [0.15, 0.2) is 34.5 Å². The van der Waals surface area contributed by atoms with Gasteiger partial charge in [0.1, 0.15) is 6.07 Å². The van der Waals surface area contributed by atoms with Crippen LogP contribution >= 0.6 is 0 Å². The van der Waals surface area contributed by atoms with E-state index in [0.29, 0.717) is 5.69 Å². The average molecular weight is 258 g/mol. The van der Waals surface area contributed by atoms with Gasteiger partial charge < -0.3 is 5.73 Å². The monoisotopic (exact) mass is 258 g/mol. The first kappa shape index (κ1) is 14.8. The summed E-state index contributed by atoms with van der Waals surface area (Å²) in [4.78, 5) is 10.9. The van der Waals surface area contributed by atoms with Crippen molar-refractivity contribution in [2.45, 2.75) is 38.6 Å². The fourth-order valence-corrected chi connectivity index (χ4v) is 1.65. The summed E-state index contributed by atoms with van der Waals surface area (Å²) in [5, 5.41) is 16.4. The molecule has 0 fully saturated rings. The van der Waals surface area contributed by atoms with E-state index in [2.05, 4.69) is 17.2 Å². The van der Waals surface area contributed by atoms with Crippen molar-refractivity contribution in [2.24, 2.45) is 16.0 Å². The second-order valence-electron chi connectivity index (χ2n) is 4.24. The van der Waals surface area contributed by atoms with E-state index in [9.17, 15) is 4.79 Å². The third kappa shape index (κ3) is 4.88. The van der Waals surface area contributed by atoms with Gasteiger partial charge in [0.05, 0.1) is 5.69 Å². The lowest BCUT2D eigenvalue weighted by Crippen LogP contribution is -2.24. The molecule has 1 aromatic rings. The lowest BCUT2D eigenvalue weighted by molar-refractivity contribution is -0.118. The maximum absolute atomic E-state index is 10.9. The van der Waals surface area contributed by atoms with E-state index in [-0.39, 0.29) is 0 Å². The van der Waals surface area contributed by atoms with Gasteiger partial charge in [0.25, 0.3) is 5.91 Å². The van der Waals surface area contributed by atoms with E-state index in [1.165, 1.54) is 0 Å². The van der Waals surface area contributed by atoms with Crippen molar-refractivity contribution < 1.29 is 4.79 Å². The van der Waals surface area contributed by atoms with E-state index >= 15 is 0 Å². The third-order valence-corrected chi connectivity index (χ3v) is 2.71. The van der Waals surface area contributed by atoms with Gasteiger partial charge in [-0.1, -0.05) is 38.0 Å². The third-order valence-electron chi connectivity index (χ3n) is 2.71. The van der Waals surface area contributed by atoms with Gasteiger partial charge in [-0.25, -0.2) is 0 Å². The first-order valence-electron chi connectivity index (χ1n) is 6.36. The highest BCUT2D eigenvalue weighted by molar-refractivity contribution is 5.82. The first-order valence-corrected chi connectivity index (χ1v) is 6.36. The summed E-state index contributed by atoms with van der Waals surface area (Å²) in [6.07, 6.45) is 4.31. The van der Waals surface area contributed by atoms with Gasteiger partial charge in [-0.15, -0.1) is 0 Å². The minimum atomic E-state index is -1.22. The summed E-state index contributed by atoms with van der Waals surface area (Å²) in [6, 6.07) is 8.08. The second kappa shape index (κ2) is 7.98. The topological polar surface area (TPSA) is 91.6 Å². The van der Waals surface area contributed by atoms with Crippen LogP contribution in [0.1, 0.15) is 31.7 Å². The molecule has 0 aliphatic rings. The molecule has 0 aliphatic heterocycles. The van der Waals surface area contributed by atoms with E-state index < -0.39 is 11.9 Å². The smallest absolute Gasteiger partial charge is 0.258 e. The molecule has 1 rings (SSSR count). The predicted molar refractivity (Wildman–Crippen MR) is 72.8 cm³/mol. The number of amides is 1. The number of primary amides is 1. The number of unbranched alkanes of at least 4 members (excludes halogenated alkanes) is 2. The number of rotatable bonds is 7. The molecule has 0 aromatic heterocycles. The van der Waals surface area contributed by atoms with Crippen molar-refractivity contribution in [1.29, 1.82) is 5.26 Å². The van der Waals surface area contributed by atoms with Gasteiger partial charge in [-0.2, -0.15) is 15.5 Å². The highest BCUT2D eigenvalue weighted by atomic mass is 16.1. The molecule has 19 heavy (non-hydrogen) atoms. The summed E-state index contributed by atoms with van der Waals surface area (Å²) in [5.41, 5.74) is 6.80. The molecule has 0 aliphatic carbocycles. The molecule has 1 aromatic carbocycles. The van der Waals surface area contributed by atoms with Crippen molar-refractivity contribution in [1.82, 2.24) is 0 Å². The standard InChI is InChI=1S/C14H18N4O/c1-2-3-4-7-11-8-5-6-9-12(11)17-18-13(10-15)14(16)19/h5-6,8-9,13H,2-4,7H2,1H3,(H2,16,19). The normalized spacial score (nSPS) is 12.2. The molecule has 5 heteroatoms. The maximum Gasteiger partial charge on any atom is 0.258 e. The second-order valence-corrected chi connectivity index (χ2v) is 4.24. The molecule has 0 heterocycles. The number of aryl methyl sites for hydroxylation is 1. The number of azo groups is 1. The zero-order valence-corrected chi connectivity index (χ0v) is 11.0. The molecule has 5 nitrogen and oxygen atoms in total. The Kier molecular flexibility index (Phi) is 6.23. The molecular formula is C14H18N4O. The van der Waals surface area contributed by atoms with Crippen molar-refractivity contribution in [3.05, 3.63) is 29.8 Å². The number of nitrogens with zero attached hydrogens (tertiary/aromatic N) is 3. The molecule has 1 unspecified atom stereocenters. The summed E-state index contributed by atoms with van der Waals surface area (Å²) < 4.78 is 0. The van der Waals surface area contributed by atoms with Gasteiger partial charge in [-0.3, -0.25) is 4.79 Å². The number of nitrogens with two attached hydrogens (primary N) is 1. The zero-order chi connectivity index (χ0) is 14.1. The number of carbonyl (C=O) groups excluding carboxylic acids is 1. The van der Waals surface area contributed by atoms with Crippen LogP contribution in [0.25, 0.3) is 0 Å². The maximum atomic E-state index is 10.9. The van der Waals surface area contributed by atoms with Crippen LogP contribution in [0.3, 0.4) is 0 Å². The molecule has 0 saturated carbocycles. The Bertz CT molecular complexity index is 490. The number of hydrogen-bond donors (Lipinski definition) is 1. The van der Waals surface area contributed by atoms with Crippen LogP contribution in [0, 0.1) is 11.3 Å². The van der Waals surface area contributed by atoms with E-state index in [1.54, 1.807) is 6.07 Å². The molecule has 1 amide bonds. The first-order chi connectivity index (χ1) is 9.19. The van der Waals surface area contributed by atoms with E-state index in [4.69, 9.17) is 11.0 Å². The van der Waals surface area contributed by atoms with Crippen LogP contribution < -0.4 is 5.73 Å². The Labute approximate surface area is 113 Å².